The Labute approximate surface area is 111 Å². The number of carbonyl (C=O) groups excluding carboxylic acids is 1. The topological polar surface area (TPSA) is 61.5 Å². The predicted octanol–water partition coefficient (Wildman–Crippen LogP) is 1.60. The Hall–Kier alpha value is -2.07. The Balaban J connectivity index is 2.09. The van der Waals surface area contributed by atoms with Crippen molar-refractivity contribution >= 4 is 16.7 Å². The van der Waals surface area contributed by atoms with Crippen LogP contribution in [0, 0.1) is 0 Å². The molecule has 1 heterocycles. The molecule has 0 aliphatic carbocycles. The van der Waals surface area contributed by atoms with Crippen LogP contribution < -0.4 is 10.5 Å². The molecular formula is C15H15NO3. The molecule has 4 nitrogen and oxygen atoms in total. The van der Waals surface area contributed by atoms with Gasteiger partial charge in [0.1, 0.15) is 11.2 Å². The van der Waals surface area contributed by atoms with Crippen molar-refractivity contribution in [2.24, 2.45) is 5.73 Å². The number of benzene rings is 2. The zero-order valence-corrected chi connectivity index (χ0v) is 10.7. The summed E-state index contributed by atoms with van der Waals surface area (Å²) in [5.41, 5.74) is 5.78. The Morgan fingerprint density at radius 1 is 1.21 bits per heavy atom. The second kappa shape index (κ2) is 4.24. The highest BCUT2D eigenvalue weighted by Crippen LogP contribution is 2.34. The van der Waals surface area contributed by atoms with Crippen molar-refractivity contribution in [2.75, 3.05) is 20.3 Å². The van der Waals surface area contributed by atoms with E-state index in [0.717, 1.165) is 22.1 Å². The van der Waals surface area contributed by atoms with Crippen LogP contribution in [0.5, 0.6) is 5.75 Å². The van der Waals surface area contributed by atoms with E-state index in [-0.39, 0.29) is 5.91 Å². The zero-order valence-electron chi connectivity index (χ0n) is 10.7. The predicted molar refractivity (Wildman–Crippen MR) is 72.2 cm³/mol. The van der Waals surface area contributed by atoms with Gasteiger partial charge in [-0.2, -0.15) is 0 Å². The highest BCUT2D eigenvalue weighted by molar-refractivity contribution is 5.91. The van der Waals surface area contributed by atoms with Crippen LogP contribution in [0.1, 0.15) is 5.56 Å². The van der Waals surface area contributed by atoms with Gasteiger partial charge >= 0.3 is 0 Å². The maximum atomic E-state index is 11.7. The fourth-order valence-electron chi connectivity index (χ4n) is 2.41. The van der Waals surface area contributed by atoms with Crippen molar-refractivity contribution in [3.05, 3.63) is 42.0 Å². The number of fused-ring (bicyclic) bond motifs is 1. The molecule has 98 valence electrons. The largest absolute Gasteiger partial charge is 0.497 e. The fourth-order valence-corrected chi connectivity index (χ4v) is 2.41. The number of hydrogen-bond donors (Lipinski definition) is 1. The quantitative estimate of drug-likeness (QED) is 0.908. The summed E-state index contributed by atoms with van der Waals surface area (Å²) in [7, 11) is 1.64. The van der Waals surface area contributed by atoms with Gasteiger partial charge in [-0.25, -0.2) is 0 Å². The van der Waals surface area contributed by atoms with Crippen LogP contribution in [0.4, 0.5) is 0 Å². The molecule has 19 heavy (non-hydrogen) atoms. The normalized spacial score (nSPS) is 16.9. The van der Waals surface area contributed by atoms with Crippen LogP contribution in [0.2, 0.25) is 0 Å². The van der Waals surface area contributed by atoms with Gasteiger partial charge in [0.2, 0.25) is 5.91 Å². The summed E-state index contributed by atoms with van der Waals surface area (Å²) in [6.45, 7) is 0.730. The SMILES string of the molecule is COc1ccc2cc(C3(C(N)=O)COC3)ccc2c1. The molecular weight excluding hydrogens is 242 g/mol. The number of primary amides is 1. The molecule has 1 amide bonds. The molecule has 0 unspecified atom stereocenters. The molecule has 2 N–H and O–H groups in total. The van der Waals surface area contributed by atoms with Crippen molar-refractivity contribution < 1.29 is 14.3 Å². The van der Waals surface area contributed by atoms with Gasteiger partial charge in [-0.1, -0.05) is 18.2 Å². The van der Waals surface area contributed by atoms with E-state index >= 15 is 0 Å². The van der Waals surface area contributed by atoms with Gasteiger partial charge in [0, 0.05) is 0 Å². The molecule has 0 radical (unpaired) electrons. The third-order valence-corrected chi connectivity index (χ3v) is 3.77. The molecule has 1 aliphatic heterocycles. The summed E-state index contributed by atoms with van der Waals surface area (Å²) in [6.07, 6.45) is 0. The molecule has 1 fully saturated rings. The molecule has 4 heteroatoms. The molecule has 0 spiro atoms. The van der Waals surface area contributed by atoms with E-state index in [4.69, 9.17) is 15.2 Å². The minimum Gasteiger partial charge on any atom is -0.497 e. The monoisotopic (exact) mass is 257 g/mol. The van der Waals surface area contributed by atoms with E-state index < -0.39 is 5.41 Å². The first-order valence-corrected chi connectivity index (χ1v) is 6.12. The molecule has 0 aromatic heterocycles. The van der Waals surface area contributed by atoms with Crippen molar-refractivity contribution in [3.8, 4) is 5.75 Å². The lowest BCUT2D eigenvalue weighted by Gasteiger charge is -2.39. The van der Waals surface area contributed by atoms with Crippen LogP contribution in [-0.2, 0) is 14.9 Å². The minimum atomic E-state index is -0.659. The van der Waals surface area contributed by atoms with Gasteiger partial charge in [0.25, 0.3) is 0 Å². The third-order valence-electron chi connectivity index (χ3n) is 3.77. The lowest BCUT2D eigenvalue weighted by atomic mass is 9.77. The number of hydrogen-bond acceptors (Lipinski definition) is 3. The maximum absolute atomic E-state index is 11.7. The number of ether oxygens (including phenoxy) is 2. The number of nitrogens with two attached hydrogens (primary N) is 1. The van der Waals surface area contributed by atoms with Crippen LogP contribution in [-0.4, -0.2) is 26.2 Å². The number of amides is 1. The van der Waals surface area contributed by atoms with Gasteiger partial charge < -0.3 is 15.2 Å². The summed E-state index contributed by atoms with van der Waals surface area (Å²) < 4.78 is 10.4. The van der Waals surface area contributed by atoms with E-state index in [0.29, 0.717) is 13.2 Å². The average molecular weight is 257 g/mol. The summed E-state index contributed by atoms with van der Waals surface area (Å²) in [5, 5.41) is 2.13. The van der Waals surface area contributed by atoms with E-state index in [1.54, 1.807) is 7.11 Å². The second-order valence-corrected chi connectivity index (χ2v) is 4.87. The molecule has 0 saturated carbocycles. The Kier molecular flexibility index (Phi) is 2.68. The summed E-state index contributed by atoms with van der Waals surface area (Å²) in [4.78, 5) is 11.7. The summed E-state index contributed by atoms with van der Waals surface area (Å²) in [6, 6.07) is 11.8. The van der Waals surface area contributed by atoms with Crippen molar-refractivity contribution in [1.29, 1.82) is 0 Å². The van der Waals surface area contributed by atoms with Gasteiger partial charge in [-0.15, -0.1) is 0 Å². The Bertz CT molecular complexity index is 647. The van der Waals surface area contributed by atoms with E-state index in [1.165, 1.54) is 0 Å². The highest BCUT2D eigenvalue weighted by Gasteiger charge is 2.46. The van der Waals surface area contributed by atoms with Crippen molar-refractivity contribution in [3.63, 3.8) is 0 Å². The van der Waals surface area contributed by atoms with Crippen molar-refractivity contribution in [1.82, 2.24) is 0 Å². The maximum Gasteiger partial charge on any atom is 0.232 e. The van der Waals surface area contributed by atoms with Gasteiger partial charge in [0.15, 0.2) is 0 Å². The van der Waals surface area contributed by atoms with Crippen LogP contribution in [0.25, 0.3) is 10.8 Å². The lowest BCUT2D eigenvalue weighted by molar-refractivity contribution is -0.141. The van der Waals surface area contributed by atoms with Crippen LogP contribution in [0.15, 0.2) is 36.4 Å². The summed E-state index contributed by atoms with van der Waals surface area (Å²) in [5.74, 6) is 0.489. The van der Waals surface area contributed by atoms with E-state index in [9.17, 15) is 4.79 Å². The van der Waals surface area contributed by atoms with Gasteiger partial charge in [-0.3, -0.25) is 4.79 Å². The molecule has 1 saturated heterocycles. The molecule has 0 atom stereocenters. The number of methoxy groups -OCH3 is 1. The molecule has 2 aromatic rings. The Morgan fingerprint density at radius 2 is 1.89 bits per heavy atom. The molecule has 0 bridgehead atoms. The molecule has 3 rings (SSSR count). The highest BCUT2D eigenvalue weighted by atomic mass is 16.5. The minimum absolute atomic E-state index is 0.327. The zero-order chi connectivity index (χ0) is 13.5. The first-order chi connectivity index (χ1) is 9.15. The Morgan fingerprint density at radius 3 is 2.47 bits per heavy atom. The average Bonchev–Trinajstić information content (AvgIpc) is 2.36. The molecule has 1 aliphatic rings. The first kappa shape index (κ1) is 12.0. The standard InChI is InChI=1S/C15H15NO3/c1-18-13-5-3-10-6-12(4-2-11(10)7-13)15(14(16)17)8-19-9-15/h2-7H,8-9H2,1H3,(H2,16,17). The first-order valence-electron chi connectivity index (χ1n) is 6.12. The van der Waals surface area contributed by atoms with Gasteiger partial charge in [-0.05, 0) is 34.5 Å². The van der Waals surface area contributed by atoms with Gasteiger partial charge in [0.05, 0.1) is 20.3 Å². The lowest BCUT2D eigenvalue weighted by Crippen LogP contribution is -2.56. The smallest absolute Gasteiger partial charge is 0.232 e. The third kappa shape index (κ3) is 1.76. The molecule has 2 aromatic carbocycles. The number of rotatable bonds is 3. The number of carbonyl (C=O) groups is 1. The summed E-state index contributed by atoms with van der Waals surface area (Å²) >= 11 is 0. The van der Waals surface area contributed by atoms with Crippen LogP contribution >= 0.6 is 0 Å². The van der Waals surface area contributed by atoms with E-state index in [1.807, 2.05) is 36.4 Å². The van der Waals surface area contributed by atoms with Crippen molar-refractivity contribution in [2.45, 2.75) is 5.41 Å². The van der Waals surface area contributed by atoms with E-state index in [2.05, 4.69) is 0 Å². The second-order valence-electron chi connectivity index (χ2n) is 4.87. The van der Waals surface area contributed by atoms with Crippen LogP contribution in [0.3, 0.4) is 0 Å². The fraction of sp³-hybridized carbons (Fsp3) is 0.267.